The molecule has 2 rings (SSSR count). The van der Waals surface area contributed by atoms with Crippen molar-refractivity contribution in [1.29, 1.82) is 0 Å². The van der Waals surface area contributed by atoms with Gasteiger partial charge in [-0.2, -0.15) is 0 Å². The molecular weight excluding hydrogens is 227 g/mol. The van der Waals surface area contributed by atoms with E-state index in [4.69, 9.17) is 4.74 Å². The molecule has 0 aliphatic carbocycles. The van der Waals surface area contributed by atoms with Crippen LogP contribution in [-0.2, 0) is 9.53 Å². The van der Waals surface area contributed by atoms with E-state index in [-0.39, 0.29) is 18.3 Å². The SMILES string of the molecule is CN1C(=O)OCC1C(=O)Nc1ccc(F)cc1. The maximum Gasteiger partial charge on any atom is 0.410 e. The van der Waals surface area contributed by atoms with Crippen LogP contribution in [0.2, 0.25) is 0 Å². The van der Waals surface area contributed by atoms with E-state index in [2.05, 4.69) is 5.32 Å². The number of cyclic esters (lactones) is 1. The number of carbonyl (C=O) groups is 2. The number of likely N-dealkylation sites (N-methyl/N-ethyl adjacent to an activating group) is 1. The number of carbonyl (C=O) groups excluding carboxylic acids is 2. The summed E-state index contributed by atoms with van der Waals surface area (Å²) in [6.07, 6.45) is -0.524. The van der Waals surface area contributed by atoms with Crippen LogP contribution >= 0.6 is 0 Å². The van der Waals surface area contributed by atoms with Crippen molar-refractivity contribution in [2.24, 2.45) is 0 Å². The minimum absolute atomic E-state index is 0.0301. The third-order valence-corrected chi connectivity index (χ3v) is 2.53. The van der Waals surface area contributed by atoms with E-state index in [0.29, 0.717) is 5.69 Å². The van der Waals surface area contributed by atoms with E-state index in [1.165, 1.54) is 36.2 Å². The van der Waals surface area contributed by atoms with Crippen molar-refractivity contribution in [1.82, 2.24) is 4.90 Å². The van der Waals surface area contributed by atoms with Crippen LogP contribution in [0.4, 0.5) is 14.9 Å². The molecule has 90 valence electrons. The fraction of sp³-hybridized carbons (Fsp3) is 0.273. The molecule has 1 aliphatic rings. The summed E-state index contributed by atoms with van der Waals surface area (Å²) in [6, 6.07) is 4.74. The largest absolute Gasteiger partial charge is 0.447 e. The smallest absolute Gasteiger partial charge is 0.410 e. The molecule has 1 heterocycles. The number of amides is 2. The molecule has 0 bridgehead atoms. The van der Waals surface area contributed by atoms with Crippen molar-refractivity contribution in [2.45, 2.75) is 6.04 Å². The summed E-state index contributed by atoms with van der Waals surface area (Å²) in [5.41, 5.74) is 0.476. The Morgan fingerprint density at radius 3 is 2.65 bits per heavy atom. The Balaban J connectivity index is 2.02. The van der Waals surface area contributed by atoms with E-state index in [1.807, 2.05) is 0 Å². The molecule has 0 radical (unpaired) electrons. The second-order valence-corrected chi connectivity index (χ2v) is 3.70. The molecule has 1 saturated heterocycles. The first kappa shape index (κ1) is 11.4. The van der Waals surface area contributed by atoms with Crippen molar-refractivity contribution in [2.75, 3.05) is 19.0 Å². The monoisotopic (exact) mass is 238 g/mol. The van der Waals surface area contributed by atoms with E-state index in [9.17, 15) is 14.0 Å². The highest BCUT2D eigenvalue weighted by Gasteiger charge is 2.35. The second-order valence-electron chi connectivity index (χ2n) is 3.70. The van der Waals surface area contributed by atoms with Crippen LogP contribution in [0.25, 0.3) is 0 Å². The fourth-order valence-electron chi connectivity index (χ4n) is 1.50. The zero-order valence-electron chi connectivity index (χ0n) is 9.14. The molecule has 0 saturated carbocycles. The standard InChI is InChI=1S/C11H11FN2O3/c1-14-9(6-17-11(14)16)10(15)13-8-4-2-7(12)3-5-8/h2-5,9H,6H2,1H3,(H,13,15). The van der Waals surface area contributed by atoms with Gasteiger partial charge in [-0.1, -0.05) is 0 Å². The predicted octanol–water partition coefficient (Wildman–Crippen LogP) is 1.21. The van der Waals surface area contributed by atoms with Gasteiger partial charge in [0.1, 0.15) is 18.5 Å². The predicted molar refractivity (Wildman–Crippen MR) is 57.9 cm³/mol. The maximum atomic E-state index is 12.7. The van der Waals surface area contributed by atoms with Gasteiger partial charge < -0.3 is 10.1 Å². The third-order valence-electron chi connectivity index (χ3n) is 2.53. The molecule has 1 aliphatic heterocycles. The first-order valence-corrected chi connectivity index (χ1v) is 5.04. The van der Waals surface area contributed by atoms with Crippen LogP contribution in [0.15, 0.2) is 24.3 Å². The van der Waals surface area contributed by atoms with Gasteiger partial charge in [-0.3, -0.25) is 9.69 Å². The van der Waals surface area contributed by atoms with Gasteiger partial charge in [-0.05, 0) is 24.3 Å². The number of nitrogens with one attached hydrogen (secondary N) is 1. The van der Waals surface area contributed by atoms with E-state index in [1.54, 1.807) is 0 Å². The molecule has 1 unspecified atom stereocenters. The highest BCUT2D eigenvalue weighted by atomic mass is 19.1. The van der Waals surface area contributed by atoms with Crippen LogP contribution in [0, 0.1) is 5.82 Å². The Hall–Kier alpha value is -2.11. The van der Waals surface area contributed by atoms with Crippen molar-refractivity contribution < 1.29 is 18.7 Å². The summed E-state index contributed by atoms with van der Waals surface area (Å²) < 4.78 is 17.4. The Labute approximate surface area is 97.2 Å². The number of hydrogen-bond donors (Lipinski definition) is 1. The topological polar surface area (TPSA) is 58.6 Å². The zero-order valence-corrected chi connectivity index (χ0v) is 9.14. The van der Waals surface area contributed by atoms with Crippen molar-refractivity contribution in [3.63, 3.8) is 0 Å². The lowest BCUT2D eigenvalue weighted by atomic mass is 10.2. The third kappa shape index (κ3) is 2.35. The molecule has 0 aromatic heterocycles. The zero-order chi connectivity index (χ0) is 12.4. The molecule has 1 fully saturated rings. The van der Waals surface area contributed by atoms with Gasteiger partial charge in [-0.15, -0.1) is 0 Å². The quantitative estimate of drug-likeness (QED) is 0.842. The van der Waals surface area contributed by atoms with Crippen molar-refractivity contribution >= 4 is 17.7 Å². The molecule has 2 amide bonds. The van der Waals surface area contributed by atoms with Gasteiger partial charge in [0.15, 0.2) is 0 Å². The molecule has 5 nitrogen and oxygen atoms in total. The van der Waals surface area contributed by atoms with E-state index in [0.717, 1.165) is 0 Å². The first-order valence-electron chi connectivity index (χ1n) is 5.04. The van der Waals surface area contributed by atoms with Gasteiger partial charge in [0.25, 0.3) is 5.91 Å². The Bertz CT molecular complexity index is 447. The van der Waals surface area contributed by atoms with Crippen LogP contribution in [-0.4, -0.2) is 36.6 Å². The number of anilines is 1. The minimum atomic E-state index is -0.646. The Kier molecular flexibility index (Phi) is 2.95. The Morgan fingerprint density at radius 1 is 1.47 bits per heavy atom. The molecule has 17 heavy (non-hydrogen) atoms. The summed E-state index contributed by atoms with van der Waals surface area (Å²) in [5.74, 6) is -0.732. The van der Waals surface area contributed by atoms with Crippen molar-refractivity contribution in [3.05, 3.63) is 30.1 Å². The molecule has 1 atom stereocenters. The van der Waals surface area contributed by atoms with Crippen LogP contribution in [0.3, 0.4) is 0 Å². The summed E-state index contributed by atoms with van der Waals surface area (Å²) in [5, 5.41) is 2.58. The number of nitrogens with zero attached hydrogens (tertiary/aromatic N) is 1. The summed E-state index contributed by atoms with van der Waals surface area (Å²) in [4.78, 5) is 24.1. The fourth-order valence-corrected chi connectivity index (χ4v) is 1.50. The molecular formula is C11H11FN2O3. The molecule has 1 aromatic carbocycles. The van der Waals surface area contributed by atoms with Crippen molar-refractivity contribution in [3.8, 4) is 0 Å². The highest BCUT2D eigenvalue weighted by Crippen LogP contribution is 2.13. The van der Waals surface area contributed by atoms with Gasteiger partial charge in [0, 0.05) is 12.7 Å². The minimum Gasteiger partial charge on any atom is -0.447 e. The van der Waals surface area contributed by atoms with Gasteiger partial charge >= 0.3 is 6.09 Å². The molecule has 1 N–H and O–H groups in total. The van der Waals surface area contributed by atoms with Crippen LogP contribution < -0.4 is 5.32 Å². The number of hydrogen-bond acceptors (Lipinski definition) is 3. The van der Waals surface area contributed by atoms with E-state index >= 15 is 0 Å². The average Bonchev–Trinajstić information content (AvgIpc) is 2.63. The lowest BCUT2D eigenvalue weighted by Gasteiger charge is -2.15. The number of halogens is 1. The first-order chi connectivity index (χ1) is 8.08. The summed E-state index contributed by atoms with van der Waals surface area (Å²) in [6.45, 7) is 0.0301. The van der Waals surface area contributed by atoms with Gasteiger partial charge in [-0.25, -0.2) is 9.18 Å². The number of benzene rings is 1. The van der Waals surface area contributed by atoms with Gasteiger partial charge in [0.05, 0.1) is 0 Å². The van der Waals surface area contributed by atoms with Crippen LogP contribution in [0.1, 0.15) is 0 Å². The Morgan fingerprint density at radius 2 is 2.12 bits per heavy atom. The number of rotatable bonds is 2. The lowest BCUT2D eigenvalue weighted by molar-refractivity contribution is -0.119. The maximum absolute atomic E-state index is 12.7. The summed E-state index contributed by atoms with van der Waals surface area (Å²) in [7, 11) is 1.49. The second kappa shape index (κ2) is 4.40. The number of ether oxygens (including phenoxy) is 1. The average molecular weight is 238 g/mol. The molecule has 6 heteroatoms. The highest BCUT2D eigenvalue weighted by molar-refractivity contribution is 5.97. The molecule has 0 spiro atoms. The normalized spacial score (nSPS) is 19.1. The van der Waals surface area contributed by atoms with E-state index < -0.39 is 12.1 Å². The van der Waals surface area contributed by atoms with Crippen LogP contribution in [0.5, 0.6) is 0 Å². The van der Waals surface area contributed by atoms with Gasteiger partial charge in [0.2, 0.25) is 0 Å². The molecule has 1 aromatic rings. The summed E-state index contributed by atoms with van der Waals surface area (Å²) >= 11 is 0. The lowest BCUT2D eigenvalue weighted by Crippen LogP contribution is -2.40.